The van der Waals surface area contributed by atoms with E-state index in [4.69, 9.17) is 5.73 Å². The van der Waals surface area contributed by atoms with Crippen molar-refractivity contribution < 1.29 is 9.50 Å². The molecule has 0 aliphatic heterocycles. The van der Waals surface area contributed by atoms with E-state index < -0.39 is 6.10 Å². The summed E-state index contributed by atoms with van der Waals surface area (Å²) in [5.74, 6) is -0.353. The van der Waals surface area contributed by atoms with Crippen molar-refractivity contribution in [2.45, 2.75) is 13.0 Å². The zero-order valence-corrected chi connectivity index (χ0v) is 9.52. The van der Waals surface area contributed by atoms with Gasteiger partial charge in [0, 0.05) is 5.69 Å². The highest BCUT2D eigenvalue weighted by Gasteiger charge is 2.13. The minimum absolute atomic E-state index is 0.353. The molecule has 1 atom stereocenters. The van der Waals surface area contributed by atoms with Crippen LogP contribution in [0.15, 0.2) is 42.5 Å². The summed E-state index contributed by atoms with van der Waals surface area (Å²) in [4.78, 5) is 0. The average Bonchev–Trinajstić information content (AvgIpc) is 2.31. The molecule has 1 unspecified atom stereocenters. The summed E-state index contributed by atoms with van der Waals surface area (Å²) < 4.78 is 13.2. The minimum atomic E-state index is -0.853. The topological polar surface area (TPSA) is 46.2 Å². The van der Waals surface area contributed by atoms with Crippen LogP contribution in [0.4, 0.5) is 10.1 Å². The number of rotatable bonds is 2. The van der Waals surface area contributed by atoms with E-state index in [0.717, 1.165) is 5.56 Å². The highest BCUT2D eigenvalue weighted by molar-refractivity contribution is 5.44. The fraction of sp³-hybridized carbons (Fsp3) is 0.143. The van der Waals surface area contributed by atoms with Gasteiger partial charge in [-0.1, -0.05) is 18.2 Å². The molecule has 0 radical (unpaired) electrons. The third kappa shape index (κ3) is 2.45. The molecule has 88 valence electrons. The van der Waals surface area contributed by atoms with Crippen LogP contribution in [0.25, 0.3) is 0 Å². The third-order valence-corrected chi connectivity index (χ3v) is 2.76. The molecular formula is C14H14FNO. The zero-order valence-electron chi connectivity index (χ0n) is 9.52. The summed E-state index contributed by atoms with van der Waals surface area (Å²) in [5.41, 5.74) is 8.32. The first-order valence-electron chi connectivity index (χ1n) is 5.37. The Morgan fingerprint density at radius 2 is 1.94 bits per heavy atom. The van der Waals surface area contributed by atoms with Crippen LogP contribution in [0, 0.1) is 12.7 Å². The van der Waals surface area contributed by atoms with Gasteiger partial charge in [-0.2, -0.15) is 0 Å². The lowest BCUT2D eigenvalue weighted by Gasteiger charge is -2.14. The predicted molar refractivity (Wildman–Crippen MR) is 66.1 cm³/mol. The number of nitrogen functional groups attached to an aromatic ring is 1. The Bertz CT molecular complexity index is 539. The Hall–Kier alpha value is -1.87. The van der Waals surface area contributed by atoms with Crippen LogP contribution in [0.3, 0.4) is 0 Å². The molecule has 2 aromatic carbocycles. The van der Waals surface area contributed by atoms with Gasteiger partial charge in [0.1, 0.15) is 11.9 Å². The molecule has 0 saturated heterocycles. The summed E-state index contributed by atoms with van der Waals surface area (Å²) in [6.45, 7) is 1.84. The van der Waals surface area contributed by atoms with E-state index in [-0.39, 0.29) is 5.82 Å². The molecule has 17 heavy (non-hydrogen) atoms. The lowest BCUT2D eigenvalue weighted by molar-refractivity contribution is 0.219. The molecule has 3 N–H and O–H groups in total. The maximum absolute atomic E-state index is 13.2. The van der Waals surface area contributed by atoms with Gasteiger partial charge in [-0.25, -0.2) is 4.39 Å². The molecule has 2 rings (SSSR count). The van der Waals surface area contributed by atoms with Crippen LogP contribution in [0.1, 0.15) is 22.8 Å². The van der Waals surface area contributed by atoms with Crippen molar-refractivity contribution in [3.8, 4) is 0 Å². The second-order valence-electron chi connectivity index (χ2n) is 4.07. The van der Waals surface area contributed by atoms with Gasteiger partial charge in [0.25, 0.3) is 0 Å². The van der Waals surface area contributed by atoms with Gasteiger partial charge in [-0.3, -0.25) is 0 Å². The third-order valence-electron chi connectivity index (χ3n) is 2.76. The molecule has 0 saturated carbocycles. The standard InChI is InChI=1S/C14H14FNO/c1-9-5-6-11(15)8-13(9)14(17)10-3-2-4-12(16)7-10/h2-8,14,17H,16H2,1H3. The first kappa shape index (κ1) is 11.6. The molecule has 0 aliphatic rings. The maximum atomic E-state index is 13.2. The van der Waals surface area contributed by atoms with Crippen molar-refractivity contribution in [3.63, 3.8) is 0 Å². The molecular weight excluding hydrogens is 217 g/mol. The van der Waals surface area contributed by atoms with Crippen molar-refractivity contribution in [1.29, 1.82) is 0 Å². The van der Waals surface area contributed by atoms with Crippen molar-refractivity contribution >= 4 is 5.69 Å². The van der Waals surface area contributed by atoms with Crippen LogP contribution in [0.2, 0.25) is 0 Å². The molecule has 0 heterocycles. The van der Waals surface area contributed by atoms with E-state index in [1.165, 1.54) is 12.1 Å². The van der Waals surface area contributed by atoms with E-state index in [9.17, 15) is 9.50 Å². The van der Waals surface area contributed by atoms with E-state index in [1.54, 1.807) is 30.3 Å². The summed E-state index contributed by atoms with van der Waals surface area (Å²) in [6, 6.07) is 11.4. The molecule has 0 aromatic heterocycles. The number of aliphatic hydroxyl groups is 1. The molecule has 0 amide bonds. The minimum Gasteiger partial charge on any atom is -0.399 e. The van der Waals surface area contributed by atoms with Crippen LogP contribution in [-0.4, -0.2) is 5.11 Å². The molecule has 0 aliphatic carbocycles. The number of nitrogens with two attached hydrogens (primary N) is 1. The van der Waals surface area contributed by atoms with Crippen LogP contribution in [-0.2, 0) is 0 Å². The number of benzene rings is 2. The maximum Gasteiger partial charge on any atom is 0.123 e. The van der Waals surface area contributed by atoms with Gasteiger partial charge in [-0.15, -0.1) is 0 Å². The van der Waals surface area contributed by atoms with Crippen LogP contribution >= 0.6 is 0 Å². The summed E-state index contributed by atoms with van der Waals surface area (Å²) in [6.07, 6.45) is -0.853. The summed E-state index contributed by atoms with van der Waals surface area (Å²) in [5, 5.41) is 10.2. The van der Waals surface area contributed by atoms with Gasteiger partial charge in [0.15, 0.2) is 0 Å². The molecule has 3 heteroatoms. The van der Waals surface area contributed by atoms with Gasteiger partial charge in [0.2, 0.25) is 0 Å². The second kappa shape index (κ2) is 4.55. The number of hydrogen-bond donors (Lipinski definition) is 2. The van der Waals surface area contributed by atoms with Crippen molar-refractivity contribution in [1.82, 2.24) is 0 Å². The second-order valence-corrected chi connectivity index (χ2v) is 4.07. The van der Waals surface area contributed by atoms with Gasteiger partial charge in [0.05, 0.1) is 0 Å². The fourth-order valence-electron chi connectivity index (χ4n) is 1.81. The van der Waals surface area contributed by atoms with Gasteiger partial charge >= 0.3 is 0 Å². The van der Waals surface area contributed by atoms with Crippen molar-refractivity contribution in [2.24, 2.45) is 0 Å². The van der Waals surface area contributed by atoms with E-state index in [2.05, 4.69) is 0 Å². The molecule has 2 nitrogen and oxygen atoms in total. The zero-order chi connectivity index (χ0) is 12.4. The Balaban J connectivity index is 2.43. The Morgan fingerprint density at radius 1 is 1.18 bits per heavy atom. The SMILES string of the molecule is Cc1ccc(F)cc1C(O)c1cccc(N)c1. The highest BCUT2D eigenvalue weighted by Crippen LogP contribution is 2.26. The van der Waals surface area contributed by atoms with E-state index >= 15 is 0 Å². The molecule has 0 fully saturated rings. The predicted octanol–water partition coefficient (Wildman–Crippen LogP) is 2.80. The lowest BCUT2D eigenvalue weighted by Crippen LogP contribution is -2.03. The molecule has 0 spiro atoms. The Kier molecular flexibility index (Phi) is 3.11. The first-order chi connectivity index (χ1) is 8.08. The summed E-state index contributed by atoms with van der Waals surface area (Å²) >= 11 is 0. The number of hydrogen-bond acceptors (Lipinski definition) is 2. The average molecular weight is 231 g/mol. The van der Waals surface area contributed by atoms with Gasteiger partial charge < -0.3 is 10.8 Å². The Labute approximate surface area is 99.5 Å². The molecule has 0 bridgehead atoms. The van der Waals surface area contributed by atoms with E-state index in [0.29, 0.717) is 16.8 Å². The number of anilines is 1. The highest BCUT2D eigenvalue weighted by atomic mass is 19.1. The smallest absolute Gasteiger partial charge is 0.123 e. The largest absolute Gasteiger partial charge is 0.399 e. The van der Waals surface area contributed by atoms with Crippen molar-refractivity contribution in [3.05, 3.63) is 65.0 Å². The quantitative estimate of drug-likeness (QED) is 0.781. The molecule has 2 aromatic rings. The number of halogens is 1. The first-order valence-corrected chi connectivity index (χ1v) is 5.37. The Morgan fingerprint density at radius 3 is 2.65 bits per heavy atom. The number of aryl methyl sites for hydroxylation is 1. The number of aliphatic hydroxyl groups excluding tert-OH is 1. The normalized spacial score (nSPS) is 12.4. The summed E-state index contributed by atoms with van der Waals surface area (Å²) in [7, 11) is 0. The van der Waals surface area contributed by atoms with Crippen LogP contribution < -0.4 is 5.73 Å². The van der Waals surface area contributed by atoms with E-state index in [1.807, 2.05) is 6.92 Å². The fourth-order valence-corrected chi connectivity index (χ4v) is 1.81. The lowest BCUT2D eigenvalue weighted by atomic mass is 9.97. The monoisotopic (exact) mass is 231 g/mol. The van der Waals surface area contributed by atoms with Crippen molar-refractivity contribution in [2.75, 3.05) is 5.73 Å². The van der Waals surface area contributed by atoms with Gasteiger partial charge in [-0.05, 0) is 47.9 Å². The van der Waals surface area contributed by atoms with Crippen LogP contribution in [0.5, 0.6) is 0 Å².